The maximum Gasteiger partial charge on any atom is 0.257 e. The van der Waals surface area contributed by atoms with Gasteiger partial charge in [-0.2, -0.15) is 0 Å². The number of amides is 4. The van der Waals surface area contributed by atoms with E-state index >= 15 is 0 Å². The third-order valence-corrected chi connectivity index (χ3v) is 7.28. The molecule has 0 saturated heterocycles. The molecular formula is C33H34N6O6. The van der Waals surface area contributed by atoms with Crippen LogP contribution in [0.5, 0.6) is 11.5 Å². The number of fused-ring (bicyclic) bond motifs is 2. The van der Waals surface area contributed by atoms with Gasteiger partial charge in [-0.05, 0) is 67.4 Å². The van der Waals surface area contributed by atoms with Crippen molar-refractivity contribution in [3.8, 4) is 11.5 Å². The number of phenols is 1. The average Bonchev–Trinajstić information content (AvgIpc) is 3.04. The molecule has 0 bridgehead atoms. The third-order valence-electron chi connectivity index (χ3n) is 7.28. The SMILES string of the molecule is NCC[C@@H]1NC(=O)CCNC(=O)c2cc(NC(=O)c3cnc4ccccc4c3)ccc2OC[C@@H](Cc2ccc(O)cc2)NC1=O. The molecule has 232 valence electrons. The molecule has 1 aliphatic heterocycles. The van der Waals surface area contributed by atoms with Gasteiger partial charge in [0.1, 0.15) is 24.1 Å². The van der Waals surface area contributed by atoms with Crippen molar-refractivity contribution in [1.82, 2.24) is 20.9 Å². The Balaban J connectivity index is 1.40. The molecule has 0 unspecified atom stereocenters. The number of nitrogens with zero attached hydrogens (tertiary/aromatic N) is 1. The lowest BCUT2D eigenvalue weighted by Gasteiger charge is -2.25. The molecule has 2 atom stereocenters. The number of hydrogen-bond acceptors (Lipinski definition) is 8. The van der Waals surface area contributed by atoms with Crippen LogP contribution in [0, 0.1) is 0 Å². The first-order valence-electron chi connectivity index (χ1n) is 14.6. The smallest absolute Gasteiger partial charge is 0.257 e. The van der Waals surface area contributed by atoms with E-state index in [9.17, 15) is 24.3 Å². The van der Waals surface area contributed by atoms with Crippen molar-refractivity contribution in [1.29, 1.82) is 0 Å². The van der Waals surface area contributed by atoms with Gasteiger partial charge in [0.25, 0.3) is 11.8 Å². The first-order valence-corrected chi connectivity index (χ1v) is 14.6. The number of hydrogen-bond donors (Lipinski definition) is 6. The van der Waals surface area contributed by atoms with Crippen LogP contribution in [-0.4, -0.2) is 65.5 Å². The van der Waals surface area contributed by atoms with Crippen molar-refractivity contribution in [2.24, 2.45) is 5.73 Å². The monoisotopic (exact) mass is 610 g/mol. The number of phenolic OH excluding ortho intramolecular Hbond substituents is 1. The van der Waals surface area contributed by atoms with Gasteiger partial charge in [-0.1, -0.05) is 30.3 Å². The summed E-state index contributed by atoms with van der Waals surface area (Å²) in [5, 5.41) is 21.7. The minimum absolute atomic E-state index is 0.00386. The zero-order valence-corrected chi connectivity index (χ0v) is 24.4. The second kappa shape index (κ2) is 14.3. The van der Waals surface area contributed by atoms with Gasteiger partial charge in [-0.15, -0.1) is 0 Å². The summed E-state index contributed by atoms with van der Waals surface area (Å²) in [6.07, 6.45) is 1.98. The molecule has 0 radical (unpaired) electrons. The quantitative estimate of drug-likeness (QED) is 0.192. The van der Waals surface area contributed by atoms with Crippen molar-refractivity contribution >= 4 is 40.2 Å². The first kappa shape index (κ1) is 31.0. The van der Waals surface area contributed by atoms with E-state index in [-0.39, 0.29) is 49.6 Å². The van der Waals surface area contributed by atoms with Gasteiger partial charge in [0.2, 0.25) is 11.8 Å². The molecule has 0 fully saturated rings. The molecular weight excluding hydrogens is 576 g/mol. The van der Waals surface area contributed by atoms with Crippen LogP contribution in [0.1, 0.15) is 39.1 Å². The Bertz CT molecular complexity index is 1710. The van der Waals surface area contributed by atoms with E-state index in [4.69, 9.17) is 10.5 Å². The Morgan fingerprint density at radius 3 is 2.62 bits per heavy atom. The van der Waals surface area contributed by atoms with Crippen LogP contribution >= 0.6 is 0 Å². The van der Waals surface area contributed by atoms with Crippen molar-refractivity contribution < 1.29 is 29.0 Å². The number of nitrogens with two attached hydrogens (primary N) is 1. The number of carbonyl (C=O) groups excluding carboxylic acids is 4. The fourth-order valence-electron chi connectivity index (χ4n) is 4.96. The van der Waals surface area contributed by atoms with E-state index in [0.29, 0.717) is 17.7 Å². The molecule has 7 N–H and O–H groups in total. The summed E-state index contributed by atoms with van der Waals surface area (Å²) in [7, 11) is 0. The summed E-state index contributed by atoms with van der Waals surface area (Å²) in [6, 6.07) is 19.0. The topological polar surface area (TPSA) is 185 Å². The number of carbonyl (C=O) groups is 4. The van der Waals surface area contributed by atoms with Crippen molar-refractivity contribution in [2.75, 3.05) is 25.0 Å². The van der Waals surface area contributed by atoms with E-state index in [1.54, 1.807) is 42.5 Å². The van der Waals surface area contributed by atoms with Gasteiger partial charge in [0.15, 0.2) is 0 Å². The van der Waals surface area contributed by atoms with Gasteiger partial charge >= 0.3 is 0 Å². The first-order chi connectivity index (χ1) is 21.8. The number of benzene rings is 3. The molecule has 12 heteroatoms. The molecule has 4 aromatic rings. The van der Waals surface area contributed by atoms with Gasteiger partial charge in [0.05, 0.1) is 22.7 Å². The van der Waals surface area contributed by atoms with Crippen LogP contribution in [0.15, 0.2) is 79.0 Å². The minimum Gasteiger partial charge on any atom is -0.508 e. The van der Waals surface area contributed by atoms with Crippen molar-refractivity contribution in [3.63, 3.8) is 0 Å². The number of rotatable bonds is 6. The van der Waals surface area contributed by atoms with Gasteiger partial charge in [-0.25, -0.2) is 0 Å². The molecule has 1 aliphatic rings. The standard InChI is InChI=1S/C33H34N6O6/c34-13-11-28-33(44)38-24(15-20-5-8-25(40)9-6-20)19-45-29-10-7-23(17-26(29)32(43)35-14-12-30(41)39-28)37-31(42)22-16-21-3-1-2-4-27(21)36-18-22/h1-10,16-18,24,28,40H,11-15,19,34H2,(H,35,43)(H,37,42)(H,38,44)(H,39,41)/t24-,28+/m1/s1. The van der Waals surface area contributed by atoms with Gasteiger partial charge < -0.3 is 36.8 Å². The Morgan fingerprint density at radius 1 is 1.02 bits per heavy atom. The number of nitrogens with one attached hydrogen (secondary N) is 4. The Kier molecular flexibility index (Phi) is 9.85. The Hall–Kier alpha value is -5.49. The molecule has 0 spiro atoms. The highest BCUT2D eigenvalue weighted by molar-refractivity contribution is 6.07. The summed E-state index contributed by atoms with van der Waals surface area (Å²) >= 11 is 0. The second-order valence-corrected chi connectivity index (χ2v) is 10.7. The lowest BCUT2D eigenvalue weighted by Crippen LogP contribution is -2.52. The third kappa shape index (κ3) is 8.12. The molecule has 2 heterocycles. The number of aromatic hydroxyl groups is 1. The molecule has 5 rings (SSSR count). The maximum atomic E-state index is 13.3. The highest BCUT2D eigenvalue weighted by Gasteiger charge is 2.25. The van der Waals surface area contributed by atoms with Crippen LogP contribution in [0.3, 0.4) is 0 Å². The minimum atomic E-state index is -0.861. The number of para-hydroxylation sites is 1. The average molecular weight is 611 g/mol. The number of aromatic nitrogens is 1. The highest BCUT2D eigenvalue weighted by Crippen LogP contribution is 2.25. The lowest BCUT2D eigenvalue weighted by atomic mass is 10.0. The van der Waals surface area contributed by atoms with E-state index in [2.05, 4.69) is 26.3 Å². The predicted octanol–water partition coefficient (Wildman–Crippen LogP) is 2.27. The van der Waals surface area contributed by atoms with Crippen LogP contribution in [0.4, 0.5) is 5.69 Å². The summed E-state index contributed by atoms with van der Waals surface area (Å²) in [5.41, 5.74) is 8.12. The molecule has 1 aromatic heterocycles. The number of pyridine rings is 1. The normalized spacial score (nSPS) is 17.6. The molecule has 4 amide bonds. The molecule has 0 aliphatic carbocycles. The highest BCUT2D eigenvalue weighted by atomic mass is 16.5. The summed E-state index contributed by atoms with van der Waals surface area (Å²) < 4.78 is 6.11. The van der Waals surface area contributed by atoms with Crippen LogP contribution in [-0.2, 0) is 16.0 Å². The maximum absolute atomic E-state index is 13.3. The fraction of sp³-hybridized carbons (Fsp3) is 0.242. The van der Waals surface area contributed by atoms with Crippen LogP contribution in [0.2, 0.25) is 0 Å². The molecule has 0 saturated carbocycles. The van der Waals surface area contributed by atoms with E-state index < -0.39 is 35.7 Å². The largest absolute Gasteiger partial charge is 0.508 e. The Labute approximate surface area is 259 Å². The van der Waals surface area contributed by atoms with E-state index in [0.717, 1.165) is 16.5 Å². The van der Waals surface area contributed by atoms with Crippen LogP contribution in [0.25, 0.3) is 10.9 Å². The molecule has 12 nitrogen and oxygen atoms in total. The van der Waals surface area contributed by atoms with E-state index in [1.165, 1.54) is 12.3 Å². The molecule has 3 aromatic carbocycles. The van der Waals surface area contributed by atoms with Crippen LogP contribution < -0.4 is 31.7 Å². The molecule has 45 heavy (non-hydrogen) atoms. The van der Waals surface area contributed by atoms with Gasteiger partial charge in [-0.3, -0.25) is 24.2 Å². The zero-order chi connectivity index (χ0) is 31.8. The van der Waals surface area contributed by atoms with Gasteiger partial charge in [0, 0.05) is 30.2 Å². The lowest BCUT2D eigenvalue weighted by molar-refractivity contribution is -0.129. The fourth-order valence-corrected chi connectivity index (χ4v) is 4.96. The van der Waals surface area contributed by atoms with Crippen molar-refractivity contribution in [2.45, 2.75) is 31.3 Å². The number of anilines is 1. The Morgan fingerprint density at radius 2 is 1.82 bits per heavy atom. The second-order valence-electron chi connectivity index (χ2n) is 10.7. The number of ether oxygens (including phenoxy) is 1. The van der Waals surface area contributed by atoms with Crippen molar-refractivity contribution in [3.05, 3.63) is 95.7 Å². The summed E-state index contributed by atoms with van der Waals surface area (Å²) in [5.74, 6) is -1.41. The predicted molar refractivity (Wildman–Crippen MR) is 168 cm³/mol. The zero-order valence-electron chi connectivity index (χ0n) is 24.4. The summed E-state index contributed by atoms with van der Waals surface area (Å²) in [6.45, 7) is 0.159. The van der Waals surface area contributed by atoms with E-state index in [1.807, 2.05) is 24.3 Å². The summed E-state index contributed by atoms with van der Waals surface area (Å²) in [4.78, 5) is 56.6.